The lowest BCUT2D eigenvalue weighted by Crippen LogP contribution is -2.02. The molecule has 1 aromatic heterocycles. The lowest BCUT2D eigenvalue weighted by atomic mass is 10.2. The third kappa shape index (κ3) is 2.81. The Morgan fingerprint density at radius 2 is 1.65 bits per heavy atom. The first-order valence-corrected chi connectivity index (χ1v) is 4.97. The van der Waals surface area contributed by atoms with Gasteiger partial charge in [0.1, 0.15) is 5.75 Å². The van der Waals surface area contributed by atoms with E-state index in [1.807, 2.05) is 31.2 Å². The highest BCUT2D eigenvalue weighted by molar-refractivity contribution is 5.29. The molecule has 0 amide bonds. The number of aryl methyl sites for hydroxylation is 1. The molecule has 2 N–H and O–H groups in total. The largest absolute Gasteiger partial charge is 0.467 e. The van der Waals surface area contributed by atoms with E-state index in [-0.39, 0.29) is 18.0 Å². The van der Waals surface area contributed by atoms with E-state index in [0.717, 1.165) is 5.56 Å². The van der Waals surface area contributed by atoms with Crippen molar-refractivity contribution in [2.45, 2.75) is 6.92 Å². The fourth-order valence-electron chi connectivity index (χ4n) is 1.20. The molecule has 0 saturated heterocycles. The lowest BCUT2D eigenvalue weighted by Gasteiger charge is -2.05. The monoisotopic (exact) mass is 232 g/mol. The molecule has 2 rings (SSSR count). The van der Waals surface area contributed by atoms with Crippen LogP contribution in [0.15, 0.2) is 24.3 Å². The van der Waals surface area contributed by atoms with Crippen LogP contribution in [0.2, 0.25) is 0 Å². The zero-order chi connectivity index (χ0) is 12.3. The number of hydrogen-bond donors (Lipinski definition) is 1. The van der Waals surface area contributed by atoms with Gasteiger partial charge in [-0.3, -0.25) is 0 Å². The van der Waals surface area contributed by atoms with E-state index in [1.54, 1.807) is 0 Å². The number of methoxy groups -OCH3 is 1. The molecular weight excluding hydrogens is 220 g/mol. The normalized spacial score (nSPS) is 10.0. The number of hydrogen-bond acceptors (Lipinski definition) is 6. The van der Waals surface area contributed by atoms with Crippen LogP contribution >= 0.6 is 0 Å². The molecule has 2 aromatic rings. The number of anilines is 1. The van der Waals surface area contributed by atoms with Crippen LogP contribution in [0.4, 0.5) is 5.95 Å². The maximum Gasteiger partial charge on any atom is 0.330 e. The predicted molar refractivity (Wildman–Crippen MR) is 62.0 cm³/mol. The van der Waals surface area contributed by atoms with Gasteiger partial charge in [0, 0.05) is 0 Å². The molecule has 0 bridgehead atoms. The average Bonchev–Trinajstić information content (AvgIpc) is 2.31. The first-order valence-electron chi connectivity index (χ1n) is 4.97. The van der Waals surface area contributed by atoms with Crippen molar-refractivity contribution < 1.29 is 9.47 Å². The maximum absolute atomic E-state index is 5.49. The highest BCUT2D eigenvalue weighted by Gasteiger charge is 2.06. The Balaban J connectivity index is 2.23. The van der Waals surface area contributed by atoms with Crippen molar-refractivity contribution in [1.82, 2.24) is 15.0 Å². The standard InChI is InChI=1S/C11H12N4O2/c1-7-3-5-8(6-4-7)17-11-14-9(12)13-10(15-11)16-2/h3-6H,1-2H3,(H2,12,13,14,15). The van der Waals surface area contributed by atoms with E-state index in [0.29, 0.717) is 5.75 Å². The molecule has 0 fully saturated rings. The minimum Gasteiger partial charge on any atom is -0.467 e. The number of aromatic nitrogens is 3. The molecule has 0 saturated carbocycles. The first-order chi connectivity index (χ1) is 8.17. The molecule has 88 valence electrons. The molecule has 0 atom stereocenters. The molecule has 0 aliphatic rings. The Kier molecular flexibility index (Phi) is 3.04. The van der Waals surface area contributed by atoms with Crippen LogP contribution < -0.4 is 15.2 Å². The van der Waals surface area contributed by atoms with Gasteiger partial charge in [-0.05, 0) is 19.1 Å². The number of nitrogens with two attached hydrogens (primary N) is 1. The molecule has 6 heteroatoms. The highest BCUT2D eigenvalue weighted by Crippen LogP contribution is 2.19. The minimum absolute atomic E-state index is 0.0546. The van der Waals surface area contributed by atoms with Crippen LogP contribution in [0.25, 0.3) is 0 Å². The van der Waals surface area contributed by atoms with Crippen molar-refractivity contribution in [3.8, 4) is 17.8 Å². The molecule has 1 heterocycles. The second-order valence-corrected chi connectivity index (χ2v) is 3.38. The van der Waals surface area contributed by atoms with E-state index >= 15 is 0 Å². The summed E-state index contributed by atoms with van der Waals surface area (Å²) in [6.45, 7) is 1.99. The number of ether oxygens (including phenoxy) is 2. The second kappa shape index (κ2) is 4.65. The van der Waals surface area contributed by atoms with Crippen LogP contribution in [0.1, 0.15) is 5.56 Å². The summed E-state index contributed by atoms with van der Waals surface area (Å²) in [6, 6.07) is 7.73. The van der Waals surface area contributed by atoms with Gasteiger partial charge in [0.05, 0.1) is 7.11 Å². The fourth-order valence-corrected chi connectivity index (χ4v) is 1.20. The topological polar surface area (TPSA) is 83.2 Å². The van der Waals surface area contributed by atoms with Gasteiger partial charge >= 0.3 is 12.0 Å². The fraction of sp³-hybridized carbons (Fsp3) is 0.182. The van der Waals surface area contributed by atoms with E-state index < -0.39 is 0 Å². The summed E-state index contributed by atoms with van der Waals surface area (Å²) >= 11 is 0. The summed E-state index contributed by atoms with van der Waals surface area (Å²) in [6.07, 6.45) is 0. The van der Waals surface area contributed by atoms with Crippen LogP contribution in [0.3, 0.4) is 0 Å². The quantitative estimate of drug-likeness (QED) is 0.864. The molecular formula is C11H12N4O2. The predicted octanol–water partition coefficient (Wildman–Crippen LogP) is 1.56. The van der Waals surface area contributed by atoms with Crippen LogP contribution in [0, 0.1) is 6.92 Å². The van der Waals surface area contributed by atoms with E-state index in [2.05, 4.69) is 15.0 Å². The third-order valence-corrected chi connectivity index (χ3v) is 2.02. The summed E-state index contributed by atoms with van der Waals surface area (Å²) in [5.74, 6) is 0.683. The zero-order valence-corrected chi connectivity index (χ0v) is 9.54. The smallest absolute Gasteiger partial charge is 0.330 e. The van der Waals surface area contributed by atoms with Crippen LogP contribution in [-0.2, 0) is 0 Å². The molecule has 0 unspecified atom stereocenters. The molecule has 1 aromatic carbocycles. The molecule has 0 aliphatic carbocycles. The Bertz CT molecular complexity index is 513. The zero-order valence-electron chi connectivity index (χ0n) is 9.54. The highest BCUT2D eigenvalue weighted by atomic mass is 16.5. The maximum atomic E-state index is 5.49. The number of benzene rings is 1. The van der Waals surface area contributed by atoms with Crippen molar-refractivity contribution >= 4 is 5.95 Å². The number of nitrogens with zero attached hydrogens (tertiary/aromatic N) is 3. The summed E-state index contributed by atoms with van der Waals surface area (Å²) in [4.78, 5) is 11.5. The van der Waals surface area contributed by atoms with Gasteiger partial charge in [-0.1, -0.05) is 17.7 Å². The Morgan fingerprint density at radius 3 is 2.29 bits per heavy atom. The summed E-state index contributed by atoms with van der Waals surface area (Å²) in [5, 5.41) is 0. The van der Waals surface area contributed by atoms with Gasteiger partial charge in [0.2, 0.25) is 5.95 Å². The Morgan fingerprint density at radius 1 is 1.00 bits per heavy atom. The number of nitrogen functional groups attached to an aromatic ring is 1. The molecule has 0 radical (unpaired) electrons. The lowest BCUT2D eigenvalue weighted by molar-refractivity contribution is 0.360. The summed E-state index contributed by atoms with van der Waals surface area (Å²) in [5.41, 5.74) is 6.63. The molecule has 17 heavy (non-hydrogen) atoms. The summed E-state index contributed by atoms with van der Waals surface area (Å²) < 4.78 is 10.3. The van der Waals surface area contributed by atoms with Crippen molar-refractivity contribution in [3.63, 3.8) is 0 Å². The van der Waals surface area contributed by atoms with Crippen molar-refractivity contribution in [3.05, 3.63) is 29.8 Å². The van der Waals surface area contributed by atoms with E-state index in [1.165, 1.54) is 7.11 Å². The molecule has 6 nitrogen and oxygen atoms in total. The van der Waals surface area contributed by atoms with Crippen molar-refractivity contribution in [2.24, 2.45) is 0 Å². The Labute approximate surface area is 98.4 Å². The van der Waals surface area contributed by atoms with Crippen molar-refractivity contribution in [1.29, 1.82) is 0 Å². The molecule has 0 aliphatic heterocycles. The molecule has 0 spiro atoms. The SMILES string of the molecule is COc1nc(N)nc(Oc2ccc(C)cc2)n1. The van der Waals surface area contributed by atoms with Gasteiger partial charge in [0.15, 0.2) is 0 Å². The van der Waals surface area contributed by atoms with Crippen LogP contribution in [-0.4, -0.2) is 22.1 Å². The minimum atomic E-state index is 0.0546. The third-order valence-electron chi connectivity index (χ3n) is 2.02. The average molecular weight is 232 g/mol. The van der Waals surface area contributed by atoms with Crippen LogP contribution in [0.5, 0.6) is 17.8 Å². The number of rotatable bonds is 3. The van der Waals surface area contributed by atoms with Gasteiger partial charge in [-0.2, -0.15) is 9.97 Å². The van der Waals surface area contributed by atoms with E-state index in [9.17, 15) is 0 Å². The van der Waals surface area contributed by atoms with Crippen molar-refractivity contribution in [2.75, 3.05) is 12.8 Å². The van der Waals surface area contributed by atoms with E-state index in [4.69, 9.17) is 15.2 Å². The van der Waals surface area contributed by atoms with Gasteiger partial charge in [-0.15, -0.1) is 4.98 Å². The van der Waals surface area contributed by atoms with Gasteiger partial charge < -0.3 is 15.2 Å². The second-order valence-electron chi connectivity index (χ2n) is 3.38. The van der Waals surface area contributed by atoms with Gasteiger partial charge in [-0.25, -0.2) is 0 Å². The Hall–Kier alpha value is -2.37. The van der Waals surface area contributed by atoms with Gasteiger partial charge in [0.25, 0.3) is 0 Å². The first kappa shape index (κ1) is 11.1. The summed E-state index contributed by atoms with van der Waals surface area (Å²) in [7, 11) is 1.45.